The number of hydrogen-bond acceptors (Lipinski definition) is 4. The highest BCUT2D eigenvalue weighted by Gasteiger charge is 2.22. The zero-order valence-corrected chi connectivity index (χ0v) is 19.5. The van der Waals surface area contributed by atoms with E-state index in [0.717, 1.165) is 31.2 Å². The van der Waals surface area contributed by atoms with Crippen LogP contribution in [0.3, 0.4) is 0 Å². The van der Waals surface area contributed by atoms with E-state index in [0.29, 0.717) is 24.3 Å². The van der Waals surface area contributed by atoms with Crippen molar-refractivity contribution in [2.24, 2.45) is 5.92 Å². The van der Waals surface area contributed by atoms with Crippen LogP contribution < -0.4 is 20.7 Å². The molecule has 2 aromatic rings. The minimum absolute atomic E-state index is 0.105. The Morgan fingerprint density at radius 2 is 1.82 bits per heavy atom. The first-order valence-corrected chi connectivity index (χ1v) is 11.7. The molecule has 4 N–H and O–H groups in total. The van der Waals surface area contributed by atoms with Gasteiger partial charge in [-0.15, -0.1) is 0 Å². The Hall–Kier alpha value is -3.42. The zero-order valence-electron chi connectivity index (χ0n) is 19.5. The molecule has 0 saturated heterocycles. The van der Waals surface area contributed by atoms with E-state index in [4.69, 9.17) is 10.1 Å². The molecule has 1 saturated carbocycles. The average Bonchev–Trinajstić information content (AvgIpc) is 2.84. The van der Waals surface area contributed by atoms with Crippen LogP contribution >= 0.6 is 0 Å². The maximum absolute atomic E-state index is 13.7. The number of benzene rings is 2. The summed E-state index contributed by atoms with van der Waals surface area (Å²) in [5.41, 5.74) is 1.60. The van der Waals surface area contributed by atoms with E-state index in [1.165, 1.54) is 25.7 Å². The van der Waals surface area contributed by atoms with Crippen LogP contribution in [0.1, 0.15) is 49.7 Å². The molecule has 8 heteroatoms. The lowest BCUT2D eigenvalue weighted by Crippen LogP contribution is -2.52. The topological polar surface area (TPSA) is 103 Å². The van der Waals surface area contributed by atoms with E-state index < -0.39 is 11.9 Å². The average molecular weight is 469 g/mol. The third kappa shape index (κ3) is 7.86. The molecule has 0 aliphatic heterocycles. The molecule has 0 bridgehead atoms. The van der Waals surface area contributed by atoms with Crippen LogP contribution in [0.5, 0.6) is 5.75 Å². The summed E-state index contributed by atoms with van der Waals surface area (Å²) < 4.78 is 18.6. The van der Waals surface area contributed by atoms with Gasteiger partial charge in [0.2, 0.25) is 11.8 Å². The van der Waals surface area contributed by atoms with Gasteiger partial charge in [-0.05, 0) is 42.0 Å². The minimum atomic E-state index is -0.771. The number of ether oxygens (including phenoxy) is 1. The van der Waals surface area contributed by atoms with Gasteiger partial charge < -0.3 is 15.4 Å². The third-order valence-corrected chi connectivity index (χ3v) is 6.06. The summed E-state index contributed by atoms with van der Waals surface area (Å²) in [5.74, 6) is -0.745. The molecule has 0 radical (unpaired) electrons. The van der Waals surface area contributed by atoms with E-state index >= 15 is 0 Å². The lowest BCUT2D eigenvalue weighted by molar-refractivity contribution is -0.123. The van der Waals surface area contributed by atoms with Crippen molar-refractivity contribution in [2.75, 3.05) is 7.11 Å². The number of nitrogens with one attached hydrogen (secondary N) is 4. The smallest absolute Gasteiger partial charge is 0.243 e. The van der Waals surface area contributed by atoms with Gasteiger partial charge in [-0.3, -0.25) is 20.3 Å². The molecule has 1 fully saturated rings. The Labute approximate surface area is 200 Å². The van der Waals surface area contributed by atoms with Crippen molar-refractivity contribution in [1.82, 2.24) is 16.0 Å². The number of halogens is 1. The number of hydrogen-bond donors (Lipinski definition) is 4. The fourth-order valence-corrected chi connectivity index (χ4v) is 4.24. The monoisotopic (exact) mass is 468 g/mol. The standard InChI is InChI=1S/C26H33FN4O3/c1-34-23-15-20(12-13-21(23)27)17-29-25(33)22(14-18-8-4-2-5-9-18)30-26(28)31-24(32)16-19-10-6-3-7-11-19/h2,4-5,8-9,12-13,15,19,22H,3,6-7,10-11,14,16-17H2,1H3,(H,29,33)(H3,28,30,31,32)/t22-/m1/s1. The first-order chi connectivity index (χ1) is 16.4. The molecule has 182 valence electrons. The number of amides is 2. The maximum Gasteiger partial charge on any atom is 0.243 e. The quantitative estimate of drug-likeness (QED) is 0.333. The Morgan fingerprint density at radius 3 is 2.53 bits per heavy atom. The molecular weight excluding hydrogens is 435 g/mol. The second-order valence-corrected chi connectivity index (χ2v) is 8.70. The molecule has 3 rings (SSSR count). The van der Waals surface area contributed by atoms with Gasteiger partial charge in [-0.2, -0.15) is 0 Å². The fraction of sp³-hybridized carbons (Fsp3) is 0.423. The van der Waals surface area contributed by atoms with Gasteiger partial charge in [0.1, 0.15) is 6.04 Å². The van der Waals surface area contributed by atoms with Crippen molar-refractivity contribution in [3.8, 4) is 5.75 Å². The van der Waals surface area contributed by atoms with Gasteiger partial charge in [0, 0.05) is 19.4 Å². The molecule has 1 aliphatic carbocycles. The van der Waals surface area contributed by atoms with Crippen molar-refractivity contribution in [3.05, 3.63) is 65.5 Å². The Bertz CT molecular complexity index is 977. The highest BCUT2D eigenvalue weighted by atomic mass is 19.1. The van der Waals surface area contributed by atoms with E-state index in [2.05, 4.69) is 16.0 Å². The Morgan fingerprint density at radius 1 is 1.09 bits per heavy atom. The van der Waals surface area contributed by atoms with Crippen LogP contribution in [-0.2, 0) is 22.6 Å². The van der Waals surface area contributed by atoms with Crippen molar-refractivity contribution >= 4 is 17.8 Å². The van der Waals surface area contributed by atoms with Crippen LogP contribution in [0.4, 0.5) is 4.39 Å². The SMILES string of the molecule is COc1cc(CNC(=O)[C@@H](Cc2ccccc2)NC(=N)NC(=O)CC2CCCCC2)ccc1F. The first kappa shape index (κ1) is 25.2. The zero-order chi connectivity index (χ0) is 24.3. The van der Waals surface area contributed by atoms with Gasteiger partial charge >= 0.3 is 0 Å². The number of rotatable bonds is 9. The van der Waals surface area contributed by atoms with Crippen molar-refractivity contribution < 1.29 is 18.7 Å². The highest BCUT2D eigenvalue weighted by Crippen LogP contribution is 2.26. The summed E-state index contributed by atoms with van der Waals surface area (Å²) in [5, 5.41) is 16.5. The normalized spacial score (nSPS) is 14.6. The lowest BCUT2D eigenvalue weighted by Gasteiger charge is -2.22. The minimum Gasteiger partial charge on any atom is -0.494 e. The van der Waals surface area contributed by atoms with E-state index in [1.54, 1.807) is 6.07 Å². The lowest BCUT2D eigenvalue weighted by atomic mass is 9.87. The third-order valence-electron chi connectivity index (χ3n) is 6.06. The molecular formula is C26H33FN4O3. The fourth-order valence-electron chi connectivity index (χ4n) is 4.24. The van der Waals surface area contributed by atoms with Crippen LogP contribution in [0, 0.1) is 17.1 Å². The van der Waals surface area contributed by atoms with Gasteiger partial charge in [-0.1, -0.05) is 55.7 Å². The van der Waals surface area contributed by atoms with Gasteiger partial charge in [-0.25, -0.2) is 4.39 Å². The van der Waals surface area contributed by atoms with Crippen LogP contribution in [-0.4, -0.2) is 30.9 Å². The van der Waals surface area contributed by atoms with Crippen molar-refractivity contribution in [1.29, 1.82) is 5.41 Å². The van der Waals surface area contributed by atoms with Crippen LogP contribution in [0.15, 0.2) is 48.5 Å². The van der Waals surface area contributed by atoms with Gasteiger partial charge in [0.05, 0.1) is 7.11 Å². The molecule has 1 atom stereocenters. The Balaban J connectivity index is 1.59. The molecule has 0 heterocycles. The molecule has 2 aromatic carbocycles. The van der Waals surface area contributed by atoms with Gasteiger partial charge in [0.25, 0.3) is 0 Å². The molecule has 0 unspecified atom stereocenters. The number of carbonyl (C=O) groups is 2. The molecule has 1 aliphatic rings. The molecule has 0 spiro atoms. The summed E-state index contributed by atoms with van der Waals surface area (Å²) in [6.07, 6.45) is 6.32. The highest BCUT2D eigenvalue weighted by molar-refractivity contribution is 5.97. The molecule has 7 nitrogen and oxygen atoms in total. The second-order valence-electron chi connectivity index (χ2n) is 8.70. The van der Waals surface area contributed by atoms with Crippen LogP contribution in [0.25, 0.3) is 0 Å². The Kier molecular flexibility index (Phi) is 9.43. The summed E-state index contributed by atoms with van der Waals surface area (Å²) in [7, 11) is 1.38. The number of carbonyl (C=O) groups excluding carboxylic acids is 2. The predicted molar refractivity (Wildman–Crippen MR) is 129 cm³/mol. The first-order valence-electron chi connectivity index (χ1n) is 11.7. The maximum atomic E-state index is 13.7. The number of methoxy groups -OCH3 is 1. The van der Waals surface area contributed by atoms with E-state index in [9.17, 15) is 14.0 Å². The summed E-state index contributed by atoms with van der Waals surface area (Å²) in [6.45, 7) is 0.170. The summed E-state index contributed by atoms with van der Waals surface area (Å²) in [6, 6.07) is 13.1. The van der Waals surface area contributed by atoms with Crippen molar-refractivity contribution in [2.45, 2.75) is 57.5 Å². The van der Waals surface area contributed by atoms with Crippen molar-refractivity contribution in [3.63, 3.8) is 0 Å². The number of guanidine groups is 1. The van der Waals surface area contributed by atoms with E-state index in [1.807, 2.05) is 30.3 Å². The van der Waals surface area contributed by atoms with Gasteiger partial charge in [0.15, 0.2) is 17.5 Å². The molecule has 2 amide bonds. The largest absolute Gasteiger partial charge is 0.494 e. The second kappa shape index (κ2) is 12.7. The predicted octanol–water partition coefficient (Wildman–Crippen LogP) is 3.67. The van der Waals surface area contributed by atoms with Crippen LogP contribution in [0.2, 0.25) is 0 Å². The summed E-state index contributed by atoms with van der Waals surface area (Å²) in [4.78, 5) is 25.4. The summed E-state index contributed by atoms with van der Waals surface area (Å²) >= 11 is 0. The molecule has 34 heavy (non-hydrogen) atoms. The van der Waals surface area contributed by atoms with E-state index in [-0.39, 0.29) is 30.1 Å². The molecule has 0 aromatic heterocycles.